The predicted molar refractivity (Wildman–Crippen MR) is 78.1 cm³/mol. The molecule has 0 aliphatic carbocycles. The minimum atomic E-state index is -1.89. The molecule has 0 atom stereocenters. The zero-order chi connectivity index (χ0) is 16.7. The molecule has 108 valence electrons. The van der Waals surface area contributed by atoms with E-state index in [1.807, 2.05) is 0 Å². The maximum absolute atomic E-state index is 11.0. The summed E-state index contributed by atoms with van der Waals surface area (Å²) in [6, 6.07) is 8.91. The van der Waals surface area contributed by atoms with Crippen LogP contribution < -0.4 is 16.1 Å². The summed E-state index contributed by atoms with van der Waals surface area (Å²) in [4.78, 5) is 11.0. The molecule has 1 aromatic rings. The van der Waals surface area contributed by atoms with Gasteiger partial charge in [0.25, 0.3) is 0 Å². The van der Waals surface area contributed by atoms with Crippen molar-refractivity contribution < 1.29 is 14.8 Å². The zero-order valence-corrected chi connectivity index (χ0v) is 11.5. The molecule has 22 heavy (non-hydrogen) atoms. The van der Waals surface area contributed by atoms with Crippen molar-refractivity contribution in [2.24, 2.45) is 0 Å². The molecule has 9 heteroatoms. The van der Waals surface area contributed by atoms with Gasteiger partial charge in [0.1, 0.15) is 23.9 Å². The van der Waals surface area contributed by atoms with Crippen molar-refractivity contribution in [3.63, 3.8) is 0 Å². The second kappa shape index (κ2) is 7.46. The molecule has 4 N–H and O–H groups in total. The summed E-state index contributed by atoms with van der Waals surface area (Å²) in [6.45, 7) is 1.30. The van der Waals surface area contributed by atoms with Gasteiger partial charge in [-0.05, 0) is 18.2 Å². The summed E-state index contributed by atoms with van der Waals surface area (Å²) in [5, 5.41) is 50.2. The monoisotopic (exact) mass is 295 g/mol. The molecule has 0 bridgehead atoms. The molecular formula is C13H10BN5O3. The first-order chi connectivity index (χ1) is 10.4. The molecule has 0 aliphatic rings. The third-order valence-electron chi connectivity index (χ3n) is 2.50. The lowest BCUT2D eigenvalue weighted by Crippen LogP contribution is -2.33. The molecule has 1 rings (SSSR count). The first-order valence-corrected chi connectivity index (χ1v) is 5.92. The summed E-state index contributed by atoms with van der Waals surface area (Å²) in [5.41, 5.74) is -0.353. The van der Waals surface area contributed by atoms with Crippen LogP contribution in [0.25, 0.3) is 0 Å². The SMILES string of the molecule is CC(=O)Nc1ccc(NC(C#N)=C(C#N)C#N)c(B(O)O)c1. The summed E-state index contributed by atoms with van der Waals surface area (Å²) < 4.78 is 0. The minimum Gasteiger partial charge on any atom is -0.423 e. The standard InChI is InChI=1S/C13H10BN5O3/c1-8(20)18-10-2-3-12(11(4-10)14(21)22)19-13(7-17)9(5-15)6-16/h2-4,19,21-22H,1H3,(H,18,20). The highest BCUT2D eigenvalue weighted by Gasteiger charge is 2.18. The Kier molecular flexibility index (Phi) is 5.68. The lowest BCUT2D eigenvalue weighted by molar-refractivity contribution is -0.114. The van der Waals surface area contributed by atoms with Crippen molar-refractivity contribution in [1.82, 2.24) is 0 Å². The number of nitrogens with zero attached hydrogens (tertiary/aromatic N) is 3. The van der Waals surface area contributed by atoms with Crippen LogP contribution in [0.15, 0.2) is 29.5 Å². The number of anilines is 2. The van der Waals surface area contributed by atoms with E-state index < -0.39 is 12.7 Å². The van der Waals surface area contributed by atoms with Gasteiger partial charge >= 0.3 is 7.12 Å². The van der Waals surface area contributed by atoms with Crippen LogP contribution in [-0.2, 0) is 4.79 Å². The molecule has 0 saturated heterocycles. The van der Waals surface area contributed by atoms with Gasteiger partial charge in [0, 0.05) is 23.8 Å². The molecule has 0 fully saturated rings. The van der Waals surface area contributed by atoms with Crippen molar-refractivity contribution >= 4 is 29.9 Å². The van der Waals surface area contributed by atoms with Gasteiger partial charge in [-0.15, -0.1) is 0 Å². The molecule has 0 heterocycles. The van der Waals surface area contributed by atoms with Crippen LogP contribution in [-0.4, -0.2) is 23.1 Å². The smallest absolute Gasteiger partial charge is 0.423 e. The number of benzene rings is 1. The third-order valence-corrected chi connectivity index (χ3v) is 2.50. The second-order valence-electron chi connectivity index (χ2n) is 4.07. The van der Waals surface area contributed by atoms with E-state index in [1.54, 1.807) is 18.2 Å². The van der Waals surface area contributed by atoms with E-state index >= 15 is 0 Å². The van der Waals surface area contributed by atoms with Crippen molar-refractivity contribution in [1.29, 1.82) is 15.8 Å². The maximum Gasteiger partial charge on any atom is 0.490 e. The Bertz CT molecular complexity index is 736. The van der Waals surface area contributed by atoms with Gasteiger partial charge in [0.15, 0.2) is 5.57 Å². The first kappa shape index (κ1) is 16.7. The predicted octanol–water partition coefficient (Wildman–Crippen LogP) is -0.438. The van der Waals surface area contributed by atoms with Crippen molar-refractivity contribution in [3.8, 4) is 18.2 Å². The summed E-state index contributed by atoms with van der Waals surface area (Å²) >= 11 is 0. The van der Waals surface area contributed by atoms with E-state index in [-0.39, 0.29) is 22.8 Å². The molecule has 1 amide bonds. The summed E-state index contributed by atoms with van der Waals surface area (Å²) in [7, 11) is -1.89. The van der Waals surface area contributed by atoms with Crippen LogP contribution in [0.3, 0.4) is 0 Å². The van der Waals surface area contributed by atoms with E-state index in [1.165, 1.54) is 25.1 Å². The molecule has 0 unspecified atom stereocenters. The number of nitrogens with one attached hydrogen (secondary N) is 2. The molecule has 0 radical (unpaired) electrons. The highest BCUT2D eigenvalue weighted by molar-refractivity contribution is 6.60. The molecule has 1 aromatic carbocycles. The minimum absolute atomic E-state index is 0.0331. The number of hydrogen-bond donors (Lipinski definition) is 4. The topological polar surface area (TPSA) is 153 Å². The molecule has 0 spiro atoms. The maximum atomic E-state index is 11.0. The Hall–Kier alpha value is -3.32. The van der Waals surface area contributed by atoms with Gasteiger partial charge in [0.2, 0.25) is 5.91 Å². The summed E-state index contributed by atoms with van der Waals surface area (Å²) in [5.74, 6) is -0.340. The Morgan fingerprint density at radius 2 is 1.77 bits per heavy atom. The fourth-order valence-corrected chi connectivity index (χ4v) is 1.59. The van der Waals surface area contributed by atoms with E-state index in [4.69, 9.17) is 15.8 Å². The van der Waals surface area contributed by atoms with E-state index in [0.717, 1.165) is 0 Å². The van der Waals surface area contributed by atoms with Gasteiger partial charge in [-0.1, -0.05) is 0 Å². The number of nitriles is 3. The Morgan fingerprint density at radius 1 is 1.14 bits per heavy atom. The number of amides is 1. The highest BCUT2D eigenvalue weighted by Crippen LogP contribution is 2.15. The van der Waals surface area contributed by atoms with Crippen molar-refractivity contribution in [2.75, 3.05) is 10.6 Å². The van der Waals surface area contributed by atoms with Crippen LogP contribution in [0.4, 0.5) is 11.4 Å². The molecular weight excluding hydrogens is 285 g/mol. The lowest BCUT2D eigenvalue weighted by Gasteiger charge is -2.13. The van der Waals surface area contributed by atoms with Crippen LogP contribution in [0, 0.1) is 34.0 Å². The number of hydrogen-bond acceptors (Lipinski definition) is 7. The molecule has 0 aromatic heterocycles. The number of allylic oxidation sites excluding steroid dienone is 2. The number of rotatable bonds is 4. The molecule has 8 nitrogen and oxygen atoms in total. The van der Waals surface area contributed by atoms with Crippen LogP contribution in [0.1, 0.15) is 6.92 Å². The normalized spacial score (nSPS) is 8.73. The Balaban J connectivity index is 3.29. The van der Waals surface area contributed by atoms with E-state index in [2.05, 4.69) is 10.6 Å². The lowest BCUT2D eigenvalue weighted by atomic mass is 9.78. The quantitative estimate of drug-likeness (QED) is 0.434. The third kappa shape index (κ3) is 4.09. The van der Waals surface area contributed by atoms with Gasteiger partial charge in [-0.25, -0.2) is 0 Å². The van der Waals surface area contributed by atoms with Gasteiger partial charge in [-0.3, -0.25) is 4.79 Å². The van der Waals surface area contributed by atoms with E-state index in [9.17, 15) is 14.8 Å². The number of carbonyl (C=O) groups excluding carboxylic acids is 1. The fourth-order valence-electron chi connectivity index (χ4n) is 1.59. The average Bonchev–Trinajstić information content (AvgIpc) is 2.47. The highest BCUT2D eigenvalue weighted by atomic mass is 16.4. The van der Waals surface area contributed by atoms with Gasteiger partial charge in [0.05, 0.1) is 0 Å². The number of carbonyl (C=O) groups is 1. The van der Waals surface area contributed by atoms with Gasteiger partial charge < -0.3 is 20.7 Å². The van der Waals surface area contributed by atoms with Crippen molar-refractivity contribution in [2.45, 2.75) is 6.92 Å². The fraction of sp³-hybridized carbons (Fsp3) is 0.0769. The van der Waals surface area contributed by atoms with Crippen LogP contribution >= 0.6 is 0 Å². The largest absolute Gasteiger partial charge is 0.490 e. The Labute approximate surface area is 126 Å². The van der Waals surface area contributed by atoms with E-state index in [0.29, 0.717) is 5.69 Å². The zero-order valence-electron chi connectivity index (χ0n) is 11.5. The summed E-state index contributed by atoms with van der Waals surface area (Å²) in [6.07, 6.45) is 0. The van der Waals surface area contributed by atoms with Crippen LogP contribution in [0.2, 0.25) is 0 Å². The second-order valence-corrected chi connectivity index (χ2v) is 4.07. The van der Waals surface area contributed by atoms with Crippen LogP contribution in [0.5, 0.6) is 0 Å². The Morgan fingerprint density at radius 3 is 2.23 bits per heavy atom. The average molecular weight is 295 g/mol. The molecule has 0 aliphatic heterocycles. The van der Waals surface area contributed by atoms with Crippen molar-refractivity contribution in [3.05, 3.63) is 29.5 Å². The first-order valence-electron chi connectivity index (χ1n) is 5.92. The van der Waals surface area contributed by atoms with Gasteiger partial charge in [-0.2, -0.15) is 15.8 Å². The molecule has 0 saturated carbocycles.